The Balaban J connectivity index is 1.73. The second-order valence-electron chi connectivity index (χ2n) is 6.69. The lowest BCUT2D eigenvalue weighted by atomic mass is 9.68. The SMILES string of the molecule is CCC(C)(C)C1CCC(NC2CCC2)CC1. The third kappa shape index (κ3) is 2.80. The van der Waals surface area contributed by atoms with Crippen LogP contribution in [0.1, 0.15) is 72.1 Å². The number of hydrogen-bond acceptors (Lipinski definition) is 1. The highest BCUT2D eigenvalue weighted by atomic mass is 15.0. The maximum atomic E-state index is 3.85. The van der Waals surface area contributed by atoms with Crippen LogP contribution in [-0.4, -0.2) is 12.1 Å². The average Bonchev–Trinajstić information content (AvgIpc) is 2.24. The Kier molecular flexibility index (Phi) is 3.94. The molecule has 0 amide bonds. The summed E-state index contributed by atoms with van der Waals surface area (Å²) in [4.78, 5) is 0. The molecule has 0 spiro atoms. The average molecular weight is 223 g/mol. The molecule has 1 N–H and O–H groups in total. The van der Waals surface area contributed by atoms with Gasteiger partial charge in [0.25, 0.3) is 0 Å². The summed E-state index contributed by atoms with van der Waals surface area (Å²) in [5.41, 5.74) is 0.571. The number of rotatable bonds is 4. The summed E-state index contributed by atoms with van der Waals surface area (Å²) in [6.07, 6.45) is 11.4. The van der Waals surface area contributed by atoms with Crippen molar-refractivity contribution < 1.29 is 0 Å². The molecule has 2 rings (SSSR count). The lowest BCUT2D eigenvalue weighted by molar-refractivity contribution is 0.129. The molecule has 0 heterocycles. The predicted molar refractivity (Wildman–Crippen MR) is 70.6 cm³/mol. The second kappa shape index (κ2) is 5.08. The molecule has 1 nitrogen and oxygen atoms in total. The molecule has 2 saturated carbocycles. The van der Waals surface area contributed by atoms with Gasteiger partial charge in [0.05, 0.1) is 0 Å². The number of hydrogen-bond donors (Lipinski definition) is 1. The fraction of sp³-hybridized carbons (Fsp3) is 1.00. The van der Waals surface area contributed by atoms with Crippen LogP contribution in [0.5, 0.6) is 0 Å². The van der Waals surface area contributed by atoms with Crippen molar-refractivity contribution in [3.8, 4) is 0 Å². The van der Waals surface area contributed by atoms with Gasteiger partial charge in [0.15, 0.2) is 0 Å². The molecule has 0 aromatic carbocycles. The van der Waals surface area contributed by atoms with Gasteiger partial charge in [-0.1, -0.05) is 33.6 Å². The van der Waals surface area contributed by atoms with E-state index in [0.29, 0.717) is 5.41 Å². The Bertz CT molecular complexity index is 209. The van der Waals surface area contributed by atoms with E-state index in [4.69, 9.17) is 0 Å². The quantitative estimate of drug-likeness (QED) is 0.756. The van der Waals surface area contributed by atoms with Crippen molar-refractivity contribution in [2.24, 2.45) is 11.3 Å². The smallest absolute Gasteiger partial charge is 0.00698 e. The Hall–Kier alpha value is -0.0400. The Labute approximate surface area is 101 Å². The van der Waals surface area contributed by atoms with Gasteiger partial charge in [-0.05, 0) is 49.9 Å². The van der Waals surface area contributed by atoms with Gasteiger partial charge in [-0.2, -0.15) is 0 Å². The maximum Gasteiger partial charge on any atom is 0.00698 e. The fourth-order valence-corrected chi connectivity index (χ4v) is 3.24. The molecule has 2 fully saturated rings. The van der Waals surface area contributed by atoms with Crippen LogP contribution in [0, 0.1) is 11.3 Å². The first-order valence-corrected chi connectivity index (χ1v) is 7.38. The van der Waals surface area contributed by atoms with E-state index in [-0.39, 0.29) is 0 Å². The van der Waals surface area contributed by atoms with Crippen LogP contribution < -0.4 is 5.32 Å². The van der Waals surface area contributed by atoms with Crippen molar-refractivity contribution in [2.75, 3.05) is 0 Å². The molecule has 0 unspecified atom stereocenters. The van der Waals surface area contributed by atoms with E-state index < -0.39 is 0 Å². The molecule has 0 bridgehead atoms. The highest BCUT2D eigenvalue weighted by Gasteiger charge is 2.32. The van der Waals surface area contributed by atoms with E-state index in [1.165, 1.54) is 51.4 Å². The van der Waals surface area contributed by atoms with Crippen LogP contribution >= 0.6 is 0 Å². The van der Waals surface area contributed by atoms with Gasteiger partial charge in [-0.25, -0.2) is 0 Å². The van der Waals surface area contributed by atoms with Gasteiger partial charge in [-0.3, -0.25) is 0 Å². The van der Waals surface area contributed by atoms with Crippen molar-refractivity contribution in [2.45, 2.75) is 84.2 Å². The van der Waals surface area contributed by atoms with Gasteiger partial charge >= 0.3 is 0 Å². The van der Waals surface area contributed by atoms with E-state index in [0.717, 1.165) is 18.0 Å². The molecular weight excluding hydrogens is 194 g/mol. The molecule has 2 aliphatic carbocycles. The molecule has 0 saturated heterocycles. The predicted octanol–water partition coefficient (Wildman–Crippen LogP) is 4.12. The molecule has 0 aromatic rings. The van der Waals surface area contributed by atoms with E-state index in [1.807, 2.05) is 0 Å². The molecule has 1 heteroatoms. The largest absolute Gasteiger partial charge is 0.311 e. The first-order valence-electron chi connectivity index (χ1n) is 7.38. The van der Waals surface area contributed by atoms with Gasteiger partial charge in [0, 0.05) is 12.1 Å². The van der Waals surface area contributed by atoms with Gasteiger partial charge in [0.1, 0.15) is 0 Å². The van der Waals surface area contributed by atoms with Crippen LogP contribution in [0.2, 0.25) is 0 Å². The summed E-state index contributed by atoms with van der Waals surface area (Å²) in [6, 6.07) is 1.72. The minimum absolute atomic E-state index is 0.571. The normalized spacial score (nSPS) is 32.4. The third-order valence-electron chi connectivity index (χ3n) is 5.32. The summed E-state index contributed by atoms with van der Waals surface area (Å²) in [6.45, 7) is 7.26. The number of nitrogens with one attached hydrogen (secondary N) is 1. The van der Waals surface area contributed by atoms with Gasteiger partial charge < -0.3 is 5.32 Å². The molecule has 0 atom stereocenters. The molecule has 16 heavy (non-hydrogen) atoms. The van der Waals surface area contributed by atoms with E-state index in [1.54, 1.807) is 0 Å². The standard InChI is InChI=1S/C15H29N/c1-4-15(2,3)12-8-10-14(11-9-12)16-13-6-5-7-13/h12-14,16H,4-11H2,1-3H3. The molecular formula is C15H29N. The minimum Gasteiger partial charge on any atom is -0.311 e. The fourth-order valence-electron chi connectivity index (χ4n) is 3.24. The molecule has 94 valence electrons. The zero-order valence-corrected chi connectivity index (χ0v) is 11.4. The Morgan fingerprint density at radius 3 is 1.94 bits per heavy atom. The van der Waals surface area contributed by atoms with Crippen molar-refractivity contribution in [1.29, 1.82) is 0 Å². The second-order valence-corrected chi connectivity index (χ2v) is 6.69. The summed E-state index contributed by atoms with van der Waals surface area (Å²) in [5, 5.41) is 3.85. The summed E-state index contributed by atoms with van der Waals surface area (Å²) in [7, 11) is 0. The third-order valence-corrected chi connectivity index (χ3v) is 5.32. The Morgan fingerprint density at radius 1 is 0.938 bits per heavy atom. The highest BCUT2D eigenvalue weighted by Crippen LogP contribution is 2.40. The summed E-state index contributed by atoms with van der Waals surface area (Å²) in [5.74, 6) is 0.969. The van der Waals surface area contributed by atoms with Crippen LogP contribution in [0.4, 0.5) is 0 Å². The summed E-state index contributed by atoms with van der Waals surface area (Å²) < 4.78 is 0. The van der Waals surface area contributed by atoms with Crippen LogP contribution in [-0.2, 0) is 0 Å². The van der Waals surface area contributed by atoms with Crippen molar-refractivity contribution in [3.63, 3.8) is 0 Å². The van der Waals surface area contributed by atoms with Crippen LogP contribution in [0.25, 0.3) is 0 Å². The first kappa shape index (κ1) is 12.4. The Morgan fingerprint density at radius 2 is 1.50 bits per heavy atom. The minimum atomic E-state index is 0.571. The lowest BCUT2D eigenvalue weighted by Gasteiger charge is -2.41. The lowest BCUT2D eigenvalue weighted by Crippen LogP contribution is -2.44. The molecule has 0 radical (unpaired) electrons. The monoisotopic (exact) mass is 223 g/mol. The van der Waals surface area contributed by atoms with Crippen LogP contribution in [0.3, 0.4) is 0 Å². The summed E-state index contributed by atoms with van der Waals surface area (Å²) >= 11 is 0. The van der Waals surface area contributed by atoms with E-state index in [9.17, 15) is 0 Å². The molecule has 0 aliphatic heterocycles. The van der Waals surface area contributed by atoms with Crippen molar-refractivity contribution in [1.82, 2.24) is 5.32 Å². The molecule has 2 aliphatic rings. The zero-order chi connectivity index (χ0) is 11.6. The zero-order valence-electron chi connectivity index (χ0n) is 11.4. The van der Waals surface area contributed by atoms with Crippen LogP contribution in [0.15, 0.2) is 0 Å². The van der Waals surface area contributed by atoms with Gasteiger partial charge in [-0.15, -0.1) is 0 Å². The maximum absolute atomic E-state index is 3.85. The topological polar surface area (TPSA) is 12.0 Å². The van der Waals surface area contributed by atoms with E-state index >= 15 is 0 Å². The van der Waals surface area contributed by atoms with Crippen molar-refractivity contribution >= 4 is 0 Å². The van der Waals surface area contributed by atoms with Gasteiger partial charge in [0.2, 0.25) is 0 Å². The highest BCUT2D eigenvalue weighted by molar-refractivity contribution is 4.87. The first-order chi connectivity index (χ1) is 7.62. The van der Waals surface area contributed by atoms with E-state index in [2.05, 4.69) is 26.1 Å². The molecule has 0 aromatic heterocycles. The van der Waals surface area contributed by atoms with Crippen molar-refractivity contribution in [3.05, 3.63) is 0 Å².